The fourth-order valence-corrected chi connectivity index (χ4v) is 4.18. The molecule has 0 spiro atoms. The lowest BCUT2D eigenvalue weighted by Gasteiger charge is -2.08. The Kier molecular flexibility index (Phi) is 4.05. The van der Waals surface area contributed by atoms with Crippen LogP contribution >= 0.6 is 0 Å². The van der Waals surface area contributed by atoms with Crippen LogP contribution in [-0.4, -0.2) is 18.0 Å². The van der Waals surface area contributed by atoms with Crippen LogP contribution in [0.1, 0.15) is 35.4 Å². The average molecular weight is 370 g/mol. The zero-order valence-corrected chi connectivity index (χ0v) is 15.8. The van der Waals surface area contributed by atoms with Gasteiger partial charge in [0.25, 0.3) is 5.91 Å². The lowest BCUT2D eigenvalue weighted by atomic mass is 9.98. The summed E-state index contributed by atoms with van der Waals surface area (Å²) in [5.41, 5.74) is 8.36. The number of carbonyl (C=O) groups is 1. The molecule has 28 heavy (non-hydrogen) atoms. The van der Waals surface area contributed by atoms with Gasteiger partial charge in [0, 0.05) is 22.6 Å². The normalized spacial score (nSPS) is 16.6. The van der Waals surface area contributed by atoms with Crippen LogP contribution < -0.4 is 10.1 Å². The highest BCUT2D eigenvalue weighted by atomic mass is 16.5. The second-order valence-corrected chi connectivity index (χ2v) is 7.44. The van der Waals surface area contributed by atoms with Crippen LogP contribution in [0.4, 0.5) is 5.69 Å². The first kappa shape index (κ1) is 16.9. The molecule has 2 aromatic carbocycles. The van der Waals surface area contributed by atoms with E-state index in [0.717, 1.165) is 46.7 Å². The van der Waals surface area contributed by atoms with E-state index >= 15 is 0 Å². The van der Waals surface area contributed by atoms with Crippen LogP contribution in [0.2, 0.25) is 0 Å². The van der Waals surface area contributed by atoms with Crippen molar-refractivity contribution in [2.45, 2.75) is 25.7 Å². The van der Waals surface area contributed by atoms with Crippen LogP contribution in [0.3, 0.4) is 0 Å². The number of benzene rings is 2. The van der Waals surface area contributed by atoms with Gasteiger partial charge in [-0.2, -0.15) is 0 Å². The van der Waals surface area contributed by atoms with Gasteiger partial charge in [0.2, 0.25) is 0 Å². The Balaban J connectivity index is 1.51. The number of rotatable bonds is 3. The van der Waals surface area contributed by atoms with Gasteiger partial charge in [-0.1, -0.05) is 24.3 Å². The Bertz CT molecular complexity index is 1080. The highest BCUT2D eigenvalue weighted by molar-refractivity contribution is 6.35. The van der Waals surface area contributed by atoms with Crippen LogP contribution in [0.25, 0.3) is 22.8 Å². The van der Waals surface area contributed by atoms with E-state index in [-0.39, 0.29) is 5.91 Å². The van der Waals surface area contributed by atoms with Gasteiger partial charge >= 0.3 is 0 Å². The van der Waals surface area contributed by atoms with Gasteiger partial charge in [0.05, 0.1) is 12.7 Å². The van der Waals surface area contributed by atoms with Crippen LogP contribution in [0, 0.1) is 0 Å². The predicted molar refractivity (Wildman–Crippen MR) is 112 cm³/mol. The molecule has 2 N–H and O–H groups in total. The molecular weight excluding hydrogens is 348 g/mol. The minimum atomic E-state index is -0.0506. The van der Waals surface area contributed by atoms with Gasteiger partial charge in [-0.3, -0.25) is 4.79 Å². The molecule has 0 unspecified atom stereocenters. The Labute approximate surface area is 164 Å². The molecule has 1 aromatic heterocycles. The first-order valence-electron chi connectivity index (χ1n) is 9.74. The van der Waals surface area contributed by atoms with E-state index in [4.69, 9.17) is 4.74 Å². The molecule has 2 heterocycles. The monoisotopic (exact) mass is 370 g/mol. The fraction of sp³-hybridized carbons (Fsp3) is 0.208. The SMILES string of the molecule is COc1cccc(-c2ccc3c(c2)NC(=O)C3=Cc2cc3c([nH]2)CCCC3)c1. The lowest BCUT2D eigenvalue weighted by molar-refractivity contribution is -0.110. The van der Waals surface area contributed by atoms with Crippen LogP contribution in [-0.2, 0) is 17.6 Å². The zero-order valence-electron chi connectivity index (χ0n) is 15.8. The number of aromatic nitrogens is 1. The Hall–Kier alpha value is -3.27. The summed E-state index contributed by atoms with van der Waals surface area (Å²) in [6.07, 6.45) is 6.69. The molecule has 1 aliphatic carbocycles. The summed E-state index contributed by atoms with van der Waals surface area (Å²) < 4.78 is 5.32. The number of H-pyrrole nitrogens is 1. The smallest absolute Gasteiger partial charge is 0.256 e. The number of hydrogen-bond acceptors (Lipinski definition) is 2. The van der Waals surface area contributed by atoms with E-state index in [2.05, 4.69) is 22.4 Å². The third kappa shape index (κ3) is 2.91. The molecule has 2 aliphatic rings. The highest BCUT2D eigenvalue weighted by Gasteiger charge is 2.25. The molecule has 140 valence electrons. The average Bonchev–Trinajstić information content (AvgIpc) is 3.28. The van der Waals surface area contributed by atoms with Crippen molar-refractivity contribution in [3.05, 3.63) is 71.0 Å². The molecule has 0 saturated heterocycles. The molecule has 1 aliphatic heterocycles. The second-order valence-electron chi connectivity index (χ2n) is 7.44. The number of fused-ring (bicyclic) bond motifs is 2. The summed E-state index contributed by atoms with van der Waals surface area (Å²) in [5, 5.41) is 3.02. The molecule has 0 saturated carbocycles. The maximum absolute atomic E-state index is 12.6. The van der Waals surface area contributed by atoms with Crippen molar-refractivity contribution in [2.75, 3.05) is 12.4 Å². The van der Waals surface area contributed by atoms with E-state index in [1.807, 2.05) is 42.5 Å². The number of carbonyl (C=O) groups excluding carboxylic acids is 1. The standard InChI is InChI=1S/C24H22N2O2/c1-28-19-7-4-6-15(12-19)16-9-10-20-21(24(27)26-23(20)13-16)14-18-11-17-5-2-3-8-22(17)25-18/h4,6-7,9-14,25H,2-3,5,8H2,1H3,(H,26,27). The van der Waals surface area contributed by atoms with E-state index in [1.165, 1.54) is 24.1 Å². The molecule has 3 aromatic rings. The number of hydrogen-bond donors (Lipinski definition) is 2. The molecule has 0 fully saturated rings. The van der Waals surface area contributed by atoms with Crippen LogP contribution in [0.15, 0.2) is 48.5 Å². The summed E-state index contributed by atoms with van der Waals surface area (Å²) >= 11 is 0. The van der Waals surface area contributed by atoms with Crippen molar-refractivity contribution in [2.24, 2.45) is 0 Å². The Morgan fingerprint density at radius 2 is 1.86 bits per heavy atom. The topological polar surface area (TPSA) is 54.1 Å². The number of ether oxygens (including phenoxy) is 1. The first-order valence-corrected chi connectivity index (χ1v) is 9.74. The number of aryl methyl sites for hydroxylation is 2. The third-order valence-corrected chi connectivity index (χ3v) is 5.64. The van der Waals surface area contributed by atoms with Gasteiger partial charge in [0.15, 0.2) is 0 Å². The van der Waals surface area contributed by atoms with Gasteiger partial charge in [-0.05, 0) is 72.7 Å². The van der Waals surface area contributed by atoms with Crippen molar-refractivity contribution < 1.29 is 9.53 Å². The second kappa shape index (κ2) is 6.71. The largest absolute Gasteiger partial charge is 0.497 e. The maximum Gasteiger partial charge on any atom is 0.256 e. The van der Waals surface area contributed by atoms with Gasteiger partial charge in [-0.15, -0.1) is 0 Å². The van der Waals surface area contributed by atoms with Crippen molar-refractivity contribution in [3.63, 3.8) is 0 Å². The Morgan fingerprint density at radius 3 is 2.71 bits per heavy atom. The minimum absolute atomic E-state index is 0.0506. The predicted octanol–water partition coefficient (Wildman–Crippen LogP) is 5.06. The fourth-order valence-electron chi connectivity index (χ4n) is 4.18. The van der Waals surface area contributed by atoms with Crippen molar-refractivity contribution in [1.29, 1.82) is 0 Å². The third-order valence-electron chi connectivity index (χ3n) is 5.64. The molecule has 0 radical (unpaired) electrons. The van der Waals surface area contributed by atoms with Gasteiger partial charge < -0.3 is 15.0 Å². The quantitative estimate of drug-likeness (QED) is 0.633. The number of aromatic amines is 1. The van der Waals surface area contributed by atoms with E-state index in [0.29, 0.717) is 5.57 Å². The van der Waals surface area contributed by atoms with Gasteiger partial charge in [0.1, 0.15) is 5.75 Å². The van der Waals surface area contributed by atoms with E-state index in [9.17, 15) is 4.79 Å². The highest BCUT2D eigenvalue weighted by Crippen LogP contribution is 2.37. The molecule has 0 atom stereocenters. The lowest BCUT2D eigenvalue weighted by Crippen LogP contribution is -2.03. The molecule has 1 amide bonds. The van der Waals surface area contributed by atoms with Crippen LogP contribution in [0.5, 0.6) is 5.75 Å². The van der Waals surface area contributed by atoms with Crippen molar-refractivity contribution >= 4 is 23.2 Å². The van der Waals surface area contributed by atoms with Crippen molar-refractivity contribution in [3.8, 4) is 16.9 Å². The number of nitrogens with one attached hydrogen (secondary N) is 2. The Morgan fingerprint density at radius 1 is 1.00 bits per heavy atom. The molecule has 0 bridgehead atoms. The van der Waals surface area contributed by atoms with E-state index in [1.54, 1.807) is 7.11 Å². The number of amides is 1. The maximum atomic E-state index is 12.6. The summed E-state index contributed by atoms with van der Waals surface area (Å²) in [5.74, 6) is 0.767. The number of methoxy groups -OCH3 is 1. The van der Waals surface area contributed by atoms with Gasteiger partial charge in [-0.25, -0.2) is 0 Å². The zero-order chi connectivity index (χ0) is 19.1. The summed E-state index contributed by atoms with van der Waals surface area (Å²) in [7, 11) is 1.66. The van der Waals surface area contributed by atoms with Crippen molar-refractivity contribution in [1.82, 2.24) is 4.98 Å². The summed E-state index contributed by atoms with van der Waals surface area (Å²) in [6, 6.07) is 16.2. The molecule has 4 nitrogen and oxygen atoms in total. The molecule has 5 rings (SSSR count). The molecular formula is C24H22N2O2. The van der Waals surface area contributed by atoms with E-state index < -0.39 is 0 Å². The number of anilines is 1. The summed E-state index contributed by atoms with van der Waals surface area (Å²) in [6.45, 7) is 0. The minimum Gasteiger partial charge on any atom is -0.497 e. The molecule has 4 heteroatoms. The first-order chi connectivity index (χ1) is 13.7. The summed E-state index contributed by atoms with van der Waals surface area (Å²) in [4.78, 5) is 16.1.